The van der Waals surface area contributed by atoms with Gasteiger partial charge in [-0.25, -0.2) is 4.79 Å². The number of hydrogen-bond acceptors (Lipinski definition) is 4. The van der Waals surface area contributed by atoms with Crippen molar-refractivity contribution in [3.8, 4) is 11.1 Å². The van der Waals surface area contributed by atoms with E-state index < -0.39 is 24.0 Å². The molecular weight excluding hydrogens is 444 g/mol. The zero-order valence-electron chi connectivity index (χ0n) is 20.8. The number of rotatable bonds is 12. The van der Waals surface area contributed by atoms with Gasteiger partial charge < -0.3 is 20.5 Å². The van der Waals surface area contributed by atoms with Crippen LogP contribution in [0.2, 0.25) is 0 Å². The van der Waals surface area contributed by atoms with Crippen molar-refractivity contribution >= 4 is 18.0 Å². The Morgan fingerprint density at radius 1 is 0.914 bits per heavy atom. The van der Waals surface area contributed by atoms with Crippen molar-refractivity contribution < 1.29 is 24.2 Å². The van der Waals surface area contributed by atoms with Crippen molar-refractivity contribution in [2.45, 2.75) is 58.4 Å². The molecule has 0 saturated heterocycles. The van der Waals surface area contributed by atoms with Crippen molar-refractivity contribution in [1.82, 2.24) is 10.6 Å². The van der Waals surface area contributed by atoms with E-state index >= 15 is 0 Å². The molecule has 2 unspecified atom stereocenters. The molecule has 2 aromatic carbocycles. The fraction of sp³-hybridized carbons (Fsp3) is 0.464. The number of benzene rings is 2. The number of carbonyl (C=O) groups is 3. The molecular formula is C28H36N2O5. The molecule has 1 aliphatic carbocycles. The van der Waals surface area contributed by atoms with Crippen LogP contribution < -0.4 is 10.6 Å². The molecule has 2 atom stereocenters. The molecule has 2 amide bonds. The second kappa shape index (κ2) is 12.4. The Morgan fingerprint density at radius 3 is 2.09 bits per heavy atom. The molecule has 2 aromatic rings. The second-order valence-electron chi connectivity index (χ2n) is 9.67. The number of amides is 2. The van der Waals surface area contributed by atoms with E-state index in [1.807, 2.05) is 24.3 Å². The van der Waals surface area contributed by atoms with Gasteiger partial charge in [-0.2, -0.15) is 0 Å². The normalized spacial score (nSPS) is 14.1. The van der Waals surface area contributed by atoms with Crippen LogP contribution in [0, 0.1) is 11.8 Å². The highest BCUT2D eigenvalue weighted by atomic mass is 16.5. The summed E-state index contributed by atoms with van der Waals surface area (Å²) in [5, 5.41) is 14.6. The number of hydrogen-bond donors (Lipinski definition) is 3. The van der Waals surface area contributed by atoms with Crippen molar-refractivity contribution in [2.24, 2.45) is 11.8 Å². The van der Waals surface area contributed by atoms with Crippen LogP contribution in [0.1, 0.15) is 63.5 Å². The molecule has 1 aliphatic rings. The molecule has 0 aromatic heterocycles. The Morgan fingerprint density at radius 2 is 1.51 bits per heavy atom. The minimum Gasteiger partial charge on any atom is -0.481 e. The molecule has 188 valence electrons. The fourth-order valence-corrected chi connectivity index (χ4v) is 4.42. The first kappa shape index (κ1) is 26.3. The number of carboxylic acids is 1. The second-order valence-corrected chi connectivity index (χ2v) is 9.67. The number of aliphatic carboxylic acids is 1. The van der Waals surface area contributed by atoms with Crippen LogP contribution in [0.5, 0.6) is 0 Å². The van der Waals surface area contributed by atoms with Gasteiger partial charge in [0.05, 0.1) is 5.92 Å². The van der Waals surface area contributed by atoms with Crippen LogP contribution in [0.15, 0.2) is 48.5 Å². The summed E-state index contributed by atoms with van der Waals surface area (Å²) >= 11 is 0. The van der Waals surface area contributed by atoms with Crippen molar-refractivity contribution in [3.05, 3.63) is 59.7 Å². The summed E-state index contributed by atoms with van der Waals surface area (Å²) in [4.78, 5) is 36.4. The van der Waals surface area contributed by atoms with Crippen molar-refractivity contribution in [2.75, 3.05) is 13.2 Å². The molecule has 35 heavy (non-hydrogen) atoms. The quantitative estimate of drug-likeness (QED) is 0.373. The molecule has 0 saturated carbocycles. The lowest BCUT2D eigenvalue weighted by molar-refractivity contribution is -0.141. The van der Waals surface area contributed by atoms with Gasteiger partial charge in [0.1, 0.15) is 12.6 Å². The van der Waals surface area contributed by atoms with Crippen LogP contribution in [0.25, 0.3) is 11.1 Å². The third-order valence-corrected chi connectivity index (χ3v) is 6.52. The molecule has 7 nitrogen and oxygen atoms in total. The van der Waals surface area contributed by atoms with Gasteiger partial charge in [-0.05, 0) is 53.9 Å². The van der Waals surface area contributed by atoms with Gasteiger partial charge in [-0.15, -0.1) is 0 Å². The van der Waals surface area contributed by atoms with E-state index in [2.05, 4.69) is 48.7 Å². The Labute approximate surface area is 207 Å². The van der Waals surface area contributed by atoms with Crippen LogP contribution in [0.3, 0.4) is 0 Å². The van der Waals surface area contributed by atoms with E-state index in [9.17, 15) is 14.4 Å². The highest BCUT2D eigenvalue weighted by Crippen LogP contribution is 2.44. The minimum absolute atomic E-state index is 0.0488. The largest absolute Gasteiger partial charge is 0.481 e. The SMILES string of the molecule is CC(C)CCC(NC(=O)OCC1c2ccccc2-c2ccccc21)C(=O)NCCCC(C)C(=O)O. The number of nitrogens with one attached hydrogen (secondary N) is 2. The van der Waals surface area contributed by atoms with Gasteiger partial charge >= 0.3 is 12.1 Å². The molecule has 0 aliphatic heterocycles. The smallest absolute Gasteiger partial charge is 0.407 e. The van der Waals surface area contributed by atoms with E-state index in [4.69, 9.17) is 9.84 Å². The Kier molecular flexibility index (Phi) is 9.29. The standard InChI is InChI=1S/C28H36N2O5/c1-18(2)14-15-25(26(31)29-16-8-9-19(3)27(32)33)30-28(34)35-17-24-22-12-6-4-10-20(22)21-11-5-7-13-23(21)24/h4-7,10-13,18-19,24-25H,8-9,14-17H2,1-3H3,(H,29,31)(H,30,34)(H,32,33). The highest BCUT2D eigenvalue weighted by molar-refractivity contribution is 5.85. The number of fused-ring (bicyclic) bond motifs is 3. The molecule has 0 bridgehead atoms. The summed E-state index contributed by atoms with van der Waals surface area (Å²) in [6, 6.07) is 15.6. The molecule has 0 fully saturated rings. The van der Waals surface area contributed by atoms with Crippen LogP contribution in [-0.4, -0.2) is 42.3 Å². The maximum Gasteiger partial charge on any atom is 0.407 e. The molecule has 3 rings (SSSR count). The molecule has 0 spiro atoms. The Hall–Kier alpha value is -3.35. The van der Waals surface area contributed by atoms with E-state index in [1.165, 1.54) is 0 Å². The predicted molar refractivity (Wildman–Crippen MR) is 135 cm³/mol. The van der Waals surface area contributed by atoms with Gasteiger partial charge in [0.15, 0.2) is 0 Å². The van der Waals surface area contributed by atoms with E-state index in [-0.39, 0.29) is 18.4 Å². The summed E-state index contributed by atoms with van der Waals surface area (Å²) in [5.41, 5.74) is 4.57. The first-order chi connectivity index (χ1) is 16.8. The lowest BCUT2D eigenvalue weighted by Crippen LogP contribution is -2.47. The topological polar surface area (TPSA) is 105 Å². The lowest BCUT2D eigenvalue weighted by atomic mass is 9.98. The summed E-state index contributed by atoms with van der Waals surface area (Å²) in [5.74, 6) is -1.24. The minimum atomic E-state index is -0.844. The average Bonchev–Trinajstić information content (AvgIpc) is 3.16. The van der Waals surface area contributed by atoms with Crippen LogP contribution >= 0.6 is 0 Å². The van der Waals surface area contributed by atoms with Gasteiger partial charge in [-0.1, -0.05) is 69.3 Å². The monoisotopic (exact) mass is 480 g/mol. The summed E-state index contributed by atoms with van der Waals surface area (Å²) < 4.78 is 5.62. The number of carboxylic acid groups (broad SMARTS) is 1. The molecule has 0 radical (unpaired) electrons. The zero-order chi connectivity index (χ0) is 25.4. The van der Waals surface area contributed by atoms with Gasteiger partial charge in [0, 0.05) is 12.5 Å². The fourth-order valence-electron chi connectivity index (χ4n) is 4.42. The molecule has 0 heterocycles. The number of alkyl carbamates (subject to hydrolysis) is 1. The van der Waals surface area contributed by atoms with Crippen LogP contribution in [-0.2, 0) is 14.3 Å². The Balaban J connectivity index is 1.56. The summed E-state index contributed by atoms with van der Waals surface area (Å²) in [7, 11) is 0. The van der Waals surface area contributed by atoms with E-state index in [1.54, 1.807) is 6.92 Å². The first-order valence-electron chi connectivity index (χ1n) is 12.4. The van der Waals surface area contributed by atoms with Gasteiger partial charge in [0.2, 0.25) is 5.91 Å². The Bertz CT molecular complexity index is 990. The van der Waals surface area contributed by atoms with Crippen LogP contribution in [0.4, 0.5) is 4.79 Å². The molecule has 7 heteroatoms. The third-order valence-electron chi connectivity index (χ3n) is 6.52. The molecule has 3 N–H and O–H groups in total. The number of carbonyl (C=O) groups excluding carboxylic acids is 2. The third kappa shape index (κ3) is 7.07. The van der Waals surface area contributed by atoms with Crippen molar-refractivity contribution in [3.63, 3.8) is 0 Å². The first-order valence-corrected chi connectivity index (χ1v) is 12.4. The average molecular weight is 481 g/mol. The van der Waals surface area contributed by atoms with E-state index in [0.29, 0.717) is 31.7 Å². The maximum atomic E-state index is 12.8. The van der Waals surface area contributed by atoms with E-state index in [0.717, 1.165) is 28.7 Å². The van der Waals surface area contributed by atoms with Gasteiger partial charge in [-0.3, -0.25) is 9.59 Å². The number of ether oxygens (including phenoxy) is 1. The predicted octanol–water partition coefficient (Wildman–Crippen LogP) is 4.95. The highest BCUT2D eigenvalue weighted by Gasteiger charge is 2.29. The summed E-state index contributed by atoms with van der Waals surface area (Å²) in [6.45, 7) is 6.33. The zero-order valence-corrected chi connectivity index (χ0v) is 20.8. The maximum absolute atomic E-state index is 12.8. The van der Waals surface area contributed by atoms with Gasteiger partial charge in [0.25, 0.3) is 0 Å². The lowest BCUT2D eigenvalue weighted by Gasteiger charge is -2.20. The van der Waals surface area contributed by atoms with Crippen molar-refractivity contribution in [1.29, 1.82) is 0 Å². The summed E-state index contributed by atoms with van der Waals surface area (Å²) in [6.07, 6.45) is 1.69.